The molecule has 0 fully saturated rings. The fraction of sp³-hybridized carbons (Fsp3) is 0.227. The minimum Gasteiger partial charge on any atom is -0.456 e. The first-order chi connectivity index (χ1) is 14.5. The van der Waals surface area contributed by atoms with Gasteiger partial charge in [-0.1, -0.05) is 41.9 Å². The second-order valence-corrected chi connectivity index (χ2v) is 8.07. The molecule has 0 spiro atoms. The van der Waals surface area contributed by atoms with Gasteiger partial charge in [-0.2, -0.15) is 5.10 Å². The van der Waals surface area contributed by atoms with Crippen LogP contribution in [0.25, 0.3) is 5.69 Å². The van der Waals surface area contributed by atoms with Crippen molar-refractivity contribution < 1.29 is 14.3 Å². The van der Waals surface area contributed by atoms with Gasteiger partial charge in [-0.25, -0.2) is 4.68 Å². The van der Waals surface area contributed by atoms with E-state index in [2.05, 4.69) is 10.4 Å². The van der Waals surface area contributed by atoms with Gasteiger partial charge in [-0.15, -0.1) is 11.8 Å². The number of benzene rings is 2. The molecule has 1 N–H and O–H groups in total. The monoisotopic (exact) mass is 443 g/mol. The van der Waals surface area contributed by atoms with E-state index in [0.717, 1.165) is 16.3 Å². The number of nitrogens with one attached hydrogen (secondary N) is 1. The number of carbonyl (C=O) groups excluding carboxylic acids is 2. The maximum absolute atomic E-state index is 12.3. The summed E-state index contributed by atoms with van der Waals surface area (Å²) in [6.45, 7) is 3.35. The van der Waals surface area contributed by atoms with Crippen molar-refractivity contribution in [2.45, 2.75) is 25.2 Å². The van der Waals surface area contributed by atoms with Crippen molar-refractivity contribution in [1.82, 2.24) is 9.78 Å². The zero-order valence-corrected chi connectivity index (χ0v) is 18.3. The van der Waals surface area contributed by atoms with Crippen LogP contribution in [0.1, 0.15) is 17.8 Å². The molecule has 1 aromatic heterocycles. The van der Waals surface area contributed by atoms with Crippen LogP contribution in [0, 0.1) is 13.8 Å². The lowest BCUT2D eigenvalue weighted by Crippen LogP contribution is -2.21. The first kappa shape index (κ1) is 21.9. The van der Waals surface area contributed by atoms with Gasteiger partial charge in [0.2, 0.25) is 0 Å². The average Bonchev–Trinajstić information content (AvgIpc) is 3.02. The van der Waals surface area contributed by atoms with Crippen molar-refractivity contribution in [1.29, 1.82) is 0 Å². The third-order valence-corrected chi connectivity index (χ3v) is 5.84. The van der Waals surface area contributed by atoms with Gasteiger partial charge >= 0.3 is 5.97 Å². The van der Waals surface area contributed by atoms with Gasteiger partial charge in [-0.3, -0.25) is 9.59 Å². The Bertz CT molecular complexity index is 1040. The molecule has 0 saturated carbocycles. The number of aryl methyl sites for hydroxylation is 1. The Morgan fingerprint density at radius 2 is 1.80 bits per heavy atom. The van der Waals surface area contributed by atoms with Gasteiger partial charge in [0.05, 0.1) is 34.2 Å². The van der Waals surface area contributed by atoms with Crippen molar-refractivity contribution in [3.8, 4) is 5.69 Å². The Morgan fingerprint density at radius 3 is 2.53 bits per heavy atom. The van der Waals surface area contributed by atoms with Crippen LogP contribution < -0.4 is 5.32 Å². The molecule has 1 amide bonds. The van der Waals surface area contributed by atoms with E-state index in [1.807, 2.05) is 62.4 Å². The van der Waals surface area contributed by atoms with Gasteiger partial charge in [-0.05, 0) is 38.1 Å². The number of amides is 1. The molecule has 3 rings (SSSR count). The van der Waals surface area contributed by atoms with Crippen LogP contribution in [-0.4, -0.2) is 34.0 Å². The fourth-order valence-corrected chi connectivity index (χ4v) is 4.01. The van der Waals surface area contributed by atoms with E-state index in [9.17, 15) is 9.59 Å². The molecule has 8 heteroatoms. The molecular weight excluding hydrogens is 422 g/mol. The highest BCUT2D eigenvalue weighted by Gasteiger charge is 2.16. The molecule has 0 atom stereocenters. The van der Waals surface area contributed by atoms with Crippen LogP contribution in [0.3, 0.4) is 0 Å². The lowest BCUT2D eigenvalue weighted by Gasteiger charge is -2.08. The molecule has 2 aromatic carbocycles. The second kappa shape index (κ2) is 10.3. The van der Waals surface area contributed by atoms with Crippen molar-refractivity contribution in [2.24, 2.45) is 0 Å². The molecule has 6 nitrogen and oxygen atoms in total. The normalized spacial score (nSPS) is 10.6. The largest absolute Gasteiger partial charge is 0.456 e. The molecule has 1 heterocycles. The van der Waals surface area contributed by atoms with Crippen molar-refractivity contribution in [2.75, 3.05) is 17.7 Å². The number of anilines is 1. The Balaban J connectivity index is 1.48. The number of aromatic nitrogens is 2. The predicted octanol–water partition coefficient (Wildman–Crippen LogP) is 4.81. The Hall–Kier alpha value is -2.77. The number of nitrogens with zero attached hydrogens (tertiary/aromatic N) is 2. The Labute approximate surface area is 184 Å². The molecule has 0 unspecified atom stereocenters. The summed E-state index contributed by atoms with van der Waals surface area (Å²) in [7, 11) is 0. The summed E-state index contributed by atoms with van der Waals surface area (Å²) in [5.41, 5.74) is 3.01. The van der Waals surface area contributed by atoms with Crippen LogP contribution in [0.5, 0.6) is 0 Å². The number of para-hydroxylation sites is 1. The average molecular weight is 444 g/mol. The summed E-state index contributed by atoms with van der Waals surface area (Å²) in [5, 5.41) is 7.93. The lowest BCUT2D eigenvalue weighted by molar-refractivity contribution is -0.146. The molecule has 0 aliphatic heterocycles. The standard InChI is InChI=1S/C22H22ClN3O3S/c1-15-22(16(2)26(25-15)17-8-4-3-5-9-17)24-20(27)14-29-21(28)12-13-30-19-11-7-6-10-18(19)23/h3-11H,12-14H2,1-2H3,(H,24,27). The Morgan fingerprint density at radius 1 is 1.10 bits per heavy atom. The first-order valence-corrected chi connectivity index (χ1v) is 10.8. The van der Waals surface area contributed by atoms with E-state index in [0.29, 0.717) is 22.2 Å². The number of ether oxygens (including phenoxy) is 1. The second-order valence-electron chi connectivity index (χ2n) is 6.53. The van der Waals surface area contributed by atoms with Gasteiger partial charge < -0.3 is 10.1 Å². The third kappa shape index (κ3) is 5.64. The highest BCUT2D eigenvalue weighted by atomic mass is 35.5. The molecule has 3 aromatic rings. The quantitative estimate of drug-likeness (QED) is 0.399. The van der Waals surface area contributed by atoms with Crippen LogP contribution in [0.15, 0.2) is 59.5 Å². The van der Waals surface area contributed by atoms with Gasteiger partial charge in [0.15, 0.2) is 6.61 Å². The molecule has 0 bridgehead atoms. The van der Waals surface area contributed by atoms with Crippen LogP contribution in [-0.2, 0) is 14.3 Å². The number of thioether (sulfide) groups is 1. The number of halogens is 1. The number of rotatable bonds is 8. The smallest absolute Gasteiger partial charge is 0.307 e. The van der Waals surface area contributed by atoms with Crippen LogP contribution in [0.4, 0.5) is 5.69 Å². The first-order valence-electron chi connectivity index (χ1n) is 9.40. The molecule has 0 aliphatic carbocycles. The van der Waals surface area contributed by atoms with Crippen LogP contribution >= 0.6 is 23.4 Å². The van der Waals surface area contributed by atoms with Crippen molar-refractivity contribution in [3.63, 3.8) is 0 Å². The topological polar surface area (TPSA) is 73.2 Å². The van der Waals surface area contributed by atoms with E-state index in [4.69, 9.17) is 16.3 Å². The summed E-state index contributed by atoms with van der Waals surface area (Å²) in [5.74, 6) is -0.314. The van der Waals surface area contributed by atoms with Crippen LogP contribution in [0.2, 0.25) is 5.02 Å². The highest BCUT2D eigenvalue weighted by Crippen LogP contribution is 2.27. The summed E-state index contributed by atoms with van der Waals surface area (Å²) >= 11 is 7.56. The number of carbonyl (C=O) groups is 2. The summed E-state index contributed by atoms with van der Waals surface area (Å²) < 4.78 is 6.86. The third-order valence-electron chi connectivity index (χ3n) is 4.32. The fourth-order valence-electron chi connectivity index (χ4n) is 2.84. The lowest BCUT2D eigenvalue weighted by atomic mass is 10.3. The number of esters is 1. The number of hydrogen-bond donors (Lipinski definition) is 1. The zero-order valence-electron chi connectivity index (χ0n) is 16.7. The summed E-state index contributed by atoms with van der Waals surface area (Å²) in [6.07, 6.45) is 0.188. The molecule has 0 aliphatic rings. The predicted molar refractivity (Wildman–Crippen MR) is 119 cm³/mol. The van der Waals surface area contributed by atoms with E-state index in [1.54, 1.807) is 10.7 Å². The van der Waals surface area contributed by atoms with E-state index in [1.165, 1.54) is 11.8 Å². The number of hydrogen-bond acceptors (Lipinski definition) is 5. The summed E-state index contributed by atoms with van der Waals surface area (Å²) in [4.78, 5) is 25.1. The molecule has 30 heavy (non-hydrogen) atoms. The zero-order chi connectivity index (χ0) is 21.5. The maximum atomic E-state index is 12.3. The van der Waals surface area contributed by atoms with Gasteiger partial charge in [0.25, 0.3) is 5.91 Å². The van der Waals surface area contributed by atoms with E-state index >= 15 is 0 Å². The molecule has 0 radical (unpaired) electrons. The van der Waals surface area contributed by atoms with E-state index < -0.39 is 11.9 Å². The van der Waals surface area contributed by atoms with Crippen molar-refractivity contribution >= 4 is 40.9 Å². The van der Waals surface area contributed by atoms with Crippen molar-refractivity contribution in [3.05, 3.63) is 71.0 Å². The highest BCUT2D eigenvalue weighted by molar-refractivity contribution is 7.99. The summed E-state index contributed by atoms with van der Waals surface area (Å²) in [6, 6.07) is 17.1. The van der Waals surface area contributed by atoms with Gasteiger partial charge in [0.1, 0.15) is 0 Å². The molecule has 156 valence electrons. The SMILES string of the molecule is Cc1nn(-c2ccccc2)c(C)c1NC(=O)COC(=O)CCSc1ccccc1Cl. The minimum atomic E-state index is -0.432. The van der Waals surface area contributed by atoms with Gasteiger partial charge in [0, 0.05) is 10.6 Å². The minimum absolute atomic E-state index is 0.188. The molecular formula is C22H22ClN3O3S. The molecule has 0 saturated heterocycles. The Kier molecular flexibility index (Phi) is 7.54. The van der Waals surface area contributed by atoms with E-state index in [-0.39, 0.29) is 13.0 Å². The maximum Gasteiger partial charge on any atom is 0.307 e.